The van der Waals surface area contributed by atoms with Gasteiger partial charge in [0.05, 0.1) is 24.2 Å². The van der Waals surface area contributed by atoms with E-state index in [1.807, 2.05) is 31.2 Å². The van der Waals surface area contributed by atoms with Crippen LogP contribution in [0.1, 0.15) is 43.2 Å². The van der Waals surface area contributed by atoms with Crippen LogP contribution in [0.25, 0.3) is 10.2 Å². The monoisotopic (exact) mass is 463 g/mol. The van der Waals surface area contributed by atoms with E-state index in [0.717, 1.165) is 16.7 Å². The van der Waals surface area contributed by atoms with Gasteiger partial charge >= 0.3 is 5.97 Å². The largest absolute Gasteiger partial charge is 0.478 e. The maximum absolute atomic E-state index is 12.7. The average molecular weight is 464 g/mol. The summed E-state index contributed by atoms with van der Waals surface area (Å²) in [6, 6.07) is 14.2. The van der Waals surface area contributed by atoms with E-state index in [-0.39, 0.29) is 24.6 Å². The molecule has 0 aliphatic heterocycles. The van der Waals surface area contributed by atoms with Crippen molar-refractivity contribution in [2.45, 2.75) is 26.7 Å². The van der Waals surface area contributed by atoms with Crippen LogP contribution >= 0.6 is 11.3 Å². The quantitative estimate of drug-likeness (QED) is 0.367. The number of amides is 1. The number of aryl methyl sites for hydroxylation is 1. The van der Waals surface area contributed by atoms with Crippen molar-refractivity contribution in [1.82, 2.24) is 15.3 Å². The molecule has 0 bridgehead atoms. The van der Waals surface area contributed by atoms with E-state index in [4.69, 9.17) is 9.84 Å². The molecule has 168 valence electrons. The van der Waals surface area contributed by atoms with Gasteiger partial charge in [-0.25, -0.2) is 9.78 Å². The summed E-state index contributed by atoms with van der Waals surface area (Å²) in [6.45, 7) is 2.76. The van der Waals surface area contributed by atoms with E-state index in [9.17, 15) is 14.4 Å². The van der Waals surface area contributed by atoms with Crippen LogP contribution in [0.4, 0.5) is 0 Å². The van der Waals surface area contributed by atoms with Crippen LogP contribution in [-0.2, 0) is 24.5 Å². The highest BCUT2D eigenvalue weighted by atomic mass is 32.1. The molecule has 8 nitrogen and oxygen atoms in total. The Morgan fingerprint density at radius 1 is 1.12 bits per heavy atom. The molecule has 2 heterocycles. The fourth-order valence-corrected chi connectivity index (χ4v) is 4.26. The van der Waals surface area contributed by atoms with E-state index in [1.165, 1.54) is 23.5 Å². The van der Waals surface area contributed by atoms with Gasteiger partial charge in [0.25, 0.3) is 11.5 Å². The molecule has 9 heteroatoms. The van der Waals surface area contributed by atoms with Gasteiger partial charge < -0.3 is 20.1 Å². The first-order chi connectivity index (χ1) is 15.9. The van der Waals surface area contributed by atoms with E-state index in [1.54, 1.807) is 17.5 Å². The molecule has 0 aliphatic rings. The molecule has 0 unspecified atom stereocenters. The first-order valence-corrected chi connectivity index (χ1v) is 11.0. The number of hydrogen-bond donors (Lipinski definition) is 3. The van der Waals surface area contributed by atoms with Crippen molar-refractivity contribution in [1.29, 1.82) is 0 Å². The van der Waals surface area contributed by atoms with Crippen LogP contribution in [0.5, 0.6) is 0 Å². The van der Waals surface area contributed by atoms with Crippen LogP contribution in [0.3, 0.4) is 0 Å². The Morgan fingerprint density at radius 3 is 2.64 bits per heavy atom. The summed E-state index contributed by atoms with van der Waals surface area (Å²) in [7, 11) is 0. The van der Waals surface area contributed by atoms with Gasteiger partial charge in [0.15, 0.2) is 0 Å². The highest BCUT2D eigenvalue weighted by Gasteiger charge is 2.15. The topological polar surface area (TPSA) is 121 Å². The summed E-state index contributed by atoms with van der Waals surface area (Å²) >= 11 is 1.27. The number of carboxylic acids is 1. The molecule has 0 saturated heterocycles. The lowest BCUT2D eigenvalue weighted by molar-refractivity contribution is 0.0696. The molecule has 3 N–H and O–H groups in total. The van der Waals surface area contributed by atoms with Gasteiger partial charge in [-0.3, -0.25) is 9.59 Å². The molecule has 1 amide bonds. The maximum Gasteiger partial charge on any atom is 0.335 e. The smallest absolute Gasteiger partial charge is 0.335 e. The number of fused-ring (bicyclic) bond motifs is 1. The zero-order valence-electron chi connectivity index (χ0n) is 17.8. The predicted octanol–water partition coefficient (Wildman–Crippen LogP) is 3.64. The van der Waals surface area contributed by atoms with Crippen LogP contribution in [0.2, 0.25) is 0 Å². The fraction of sp³-hybridized carbons (Fsp3) is 0.167. The first kappa shape index (κ1) is 22.4. The Morgan fingerprint density at radius 2 is 1.91 bits per heavy atom. The highest BCUT2D eigenvalue weighted by Crippen LogP contribution is 2.22. The van der Waals surface area contributed by atoms with Crippen molar-refractivity contribution in [3.05, 3.63) is 97.9 Å². The number of benzene rings is 2. The van der Waals surface area contributed by atoms with Crippen molar-refractivity contribution in [2.24, 2.45) is 0 Å². The second-order valence-electron chi connectivity index (χ2n) is 7.52. The summed E-state index contributed by atoms with van der Waals surface area (Å²) in [5.41, 5.74) is 3.36. The fourth-order valence-electron chi connectivity index (χ4n) is 3.33. The number of rotatable bonds is 8. The van der Waals surface area contributed by atoms with Crippen LogP contribution in [0.15, 0.2) is 58.7 Å². The highest BCUT2D eigenvalue weighted by molar-refractivity contribution is 7.16. The number of aromatic nitrogens is 2. The molecule has 0 spiro atoms. The van der Waals surface area contributed by atoms with Crippen molar-refractivity contribution in [3.63, 3.8) is 0 Å². The molecule has 0 saturated carbocycles. The molecule has 4 rings (SSSR count). The van der Waals surface area contributed by atoms with Crippen LogP contribution in [-0.4, -0.2) is 27.0 Å². The standard InChI is InChI=1S/C24H21N3O5S/c1-14-3-2-4-16(9-14)10-25-22(29)20-26-21(28)19-18(13-33-23(19)27-20)12-32-11-15-5-7-17(8-6-15)24(30)31/h2-9,13H,10-12H2,1H3,(H,25,29)(H,30,31)(H,26,27,28). The van der Waals surface area contributed by atoms with Gasteiger partial charge in [-0.05, 0) is 35.6 Å². The van der Waals surface area contributed by atoms with E-state index < -0.39 is 17.4 Å². The number of nitrogens with one attached hydrogen (secondary N) is 2. The minimum atomic E-state index is -0.984. The second-order valence-corrected chi connectivity index (χ2v) is 8.38. The Bertz CT molecular complexity index is 1380. The number of H-pyrrole nitrogens is 1. The number of nitrogens with zero attached hydrogens (tertiary/aromatic N) is 1. The lowest BCUT2D eigenvalue weighted by Gasteiger charge is -2.06. The molecule has 0 atom stereocenters. The molecule has 2 aromatic heterocycles. The SMILES string of the molecule is Cc1cccc(CNC(=O)c2nc3scc(COCc4ccc(C(=O)O)cc4)c3c(=O)[nH]2)c1. The molecule has 4 aromatic rings. The maximum atomic E-state index is 12.7. The Labute approximate surface area is 192 Å². The normalized spacial score (nSPS) is 10.9. The third-order valence-corrected chi connectivity index (χ3v) is 5.92. The number of carboxylic acid groups (broad SMARTS) is 1. The van der Waals surface area contributed by atoms with Gasteiger partial charge in [-0.1, -0.05) is 42.0 Å². The van der Waals surface area contributed by atoms with Crippen LogP contribution in [0, 0.1) is 6.92 Å². The average Bonchev–Trinajstić information content (AvgIpc) is 3.21. The van der Waals surface area contributed by atoms with Gasteiger partial charge in [0.1, 0.15) is 4.83 Å². The Hall–Kier alpha value is -3.82. The molecular formula is C24H21N3O5S. The number of carbonyl (C=O) groups excluding carboxylic acids is 1. The third kappa shape index (κ3) is 5.33. The summed E-state index contributed by atoms with van der Waals surface area (Å²) in [6.07, 6.45) is 0. The number of thiophene rings is 1. The summed E-state index contributed by atoms with van der Waals surface area (Å²) < 4.78 is 5.70. The molecule has 0 aliphatic carbocycles. The van der Waals surface area contributed by atoms with E-state index in [2.05, 4.69) is 15.3 Å². The van der Waals surface area contributed by atoms with Gasteiger partial charge in [-0.2, -0.15) is 0 Å². The first-order valence-electron chi connectivity index (χ1n) is 10.1. The molecular weight excluding hydrogens is 442 g/mol. The van der Waals surface area contributed by atoms with E-state index >= 15 is 0 Å². The zero-order chi connectivity index (χ0) is 23.4. The third-order valence-electron chi connectivity index (χ3n) is 5.00. The number of aromatic carboxylic acids is 1. The lowest BCUT2D eigenvalue weighted by atomic mass is 10.1. The van der Waals surface area contributed by atoms with Crippen molar-refractivity contribution in [2.75, 3.05) is 0 Å². The summed E-state index contributed by atoms with van der Waals surface area (Å²) in [5, 5.41) is 13.9. The van der Waals surface area contributed by atoms with E-state index in [0.29, 0.717) is 22.3 Å². The number of carbonyl (C=O) groups is 2. The zero-order valence-corrected chi connectivity index (χ0v) is 18.6. The van der Waals surface area contributed by atoms with Gasteiger partial charge in [-0.15, -0.1) is 11.3 Å². The summed E-state index contributed by atoms with van der Waals surface area (Å²) in [4.78, 5) is 43.4. The molecule has 2 aromatic carbocycles. The lowest BCUT2D eigenvalue weighted by Crippen LogP contribution is -2.27. The Balaban J connectivity index is 1.41. The molecule has 0 fully saturated rings. The second kappa shape index (κ2) is 9.76. The predicted molar refractivity (Wildman–Crippen MR) is 124 cm³/mol. The summed E-state index contributed by atoms with van der Waals surface area (Å²) in [5.74, 6) is -1.47. The molecule has 33 heavy (non-hydrogen) atoms. The van der Waals surface area contributed by atoms with Crippen molar-refractivity contribution >= 4 is 33.4 Å². The van der Waals surface area contributed by atoms with Crippen LogP contribution < -0.4 is 10.9 Å². The van der Waals surface area contributed by atoms with Crippen molar-refractivity contribution < 1.29 is 19.4 Å². The van der Waals surface area contributed by atoms with Gasteiger partial charge in [0.2, 0.25) is 5.82 Å². The minimum absolute atomic E-state index is 0.0343. The van der Waals surface area contributed by atoms with Gasteiger partial charge in [0, 0.05) is 12.1 Å². The number of ether oxygens (including phenoxy) is 1. The minimum Gasteiger partial charge on any atom is -0.478 e. The molecule has 0 radical (unpaired) electrons. The van der Waals surface area contributed by atoms with Crippen molar-refractivity contribution in [3.8, 4) is 0 Å². The Kier molecular flexibility index (Phi) is 6.62. The number of aromatic amines is 1. The number of hydrogen-bond acceptors (Lipinski definition) is 6.